The average Bonchev–Trinajstić information content (AvgIpc) is 2.47. The van der Waals surface area contributed by atoms with Crippen LogP contribution in [0.5, 0.6) is 11.5 Å². The summed E-state index contributed by atoms with van der Waals surface area (Å²) in [6.07, 6.45) is 0. The molecule has 0 aliphatic heterocycles. The molecule has 2 rings (SSSR count). The Balaban J connectivity index is 2.51. The zero-order valence-corrected chi connectivity index (χ0v) is 11.5. The summed E-state index contributed by atoms with van der Waals surface area (Å²) in [6.45, 7) is 1.97. The molecule has 0 fully saturated rings. The fourth-order valence-corrected chi connectivity index (χ4v) is 2.18. The molecule has 0 saturated carbocycles. The fourth-order valence-electron chi connectivity index (χ4n) is 2.18. The van der Waals surface area contributed by atoms with E-state index in [4.69, 9.17) is 15.2 Å². The summed E-state index contributed by atoms with van der Waals surface area (Å²) in [7, 11) is 3.30. The van der Waals surface area contributed by atoms with Crippen molar-refractivity contribution in [1.29, 1.82) is 0 Å². The predicted octanol–water partition coefficient (Wildman–Crippen LogP) is 2.93. The van der Waals surface area contributed by atoms with Crippen LogP contribution < -0.4 is 15.2 Å². The van der Waals surface area contributed by atoms with E-state index in [0.717, 1.165) is 22.6 Å². The number of nitrogens with two attached hydrogens (primary N) is 1. The Kier molecular flexibility index (Phi) is 3.76. The van der Waals surface area contributed by atoms with E-state index in [1.165, 1.54) is 0 Å². The number of para-hydroxylation sites is 1. The van der Waals surface area contributed by atoms with Gasteiger partial charge in [0.15, 0.2) is 0 Å². The summed E-state index contributed by atoms with van der Waals surface area (Å²) < 4.78 is 10.7. The van der Waals surface area contributed by atoms with Crippen LogP contribution in [0.15, 0.2) is 48.5 Å². The number of methoxy groups -OCH3 is 2. The van der Waals surface area contributed by atoms with Crippen LogP contribution >= 0.6 is 0 Å². The number of rotatable bonds is 4. The first kappa shape index (κ1) is 13.4. The van der Waals surface area contributed by atoms with E-state index < -0.39 is 5.54 Å². The van der Waals surface area contributed by atoms with E-state index in [9.17, 15) is 0 Å². The minimum atomic E-state index is -0.638. The van der Waals surface area contributed by atoms with Crippen LogP contribution in [0, 0.1) is 0 Å². The topological polar surface area (TPSA) is 44.5 Å². The lowest BCUT2D eigenvalue weighted by atomic mass is 9.85. The number of hydrogen-bond donors (Lipinski definition) is 1. The number of ether oxygens (including phenoxy) is 2. The molecule has 3 heteroatoms. The predicted molar refractivity (Wildman–Crippen MR) is 76.6 cm³/mol. The zero-order chi connectivity index (χ0) is 13.9. The van der Waals surface area contributed by atoms with Gasteiger partial charge in [0.25, 0.3) is 0 Å². The second-order valence-corrected chi connectivity index (χ2v) is 4.63. The van der Waals surface area contributed by atoms with Crippen molar-refractivity contribution in [1.82, 2.24) is 0 Å². The van der Waals surface area contributed by atoms with Crippen LogP contribution in [0.25, 0.3) is 0 Å². The Morgan fingerprint density at radius 3 is 2.37 bits per heavy atom. The molecule has 0 bridgehead atoms. The summed E-state index contributed by atoms with van der Waals surface area (Å²) in [5, 5.41) is 0. The molecular formula is C16H19NO2. The third-order valence-electron chi connectivity index (χ3n) is 3.34. The lowest BCUT2D eigenvalue weighted by molar-refractivity contribution is 0.397. The van der Waals surface area contributed by atoms with E-state index in [2.05, 4.69) is 0 Å². The van der Waals surface area contributed by atoms with Gasteiger partial charge in [-0.3, -0.25) is 0 Å². The van der Waals surface area contributed by atoms with Crippen LogP contribution in [0.3, 0.4) is 0 Å². The maximum Gasteiger partial charge on any atom is 0.124 e. The third kappa shape index (κ3) is 2.56. The van der Waals surface area contributed by atoms with Crippen molar-refractivity contribution in [3.05, 3.63) is 59.7 Å². The van der Waals surface area contributed by atoms with Gasteiger partial charge in [0.1, 0.15) is 11.5 Å². The molecule has 2 N–H and O–H groups in total. The molecule has 0 spiro atoms. The lowest BCUT2D eigenvalue weighted by Gasteiger charge is -2.28. The van der Waals surface area contributed by atoms with Gasteiger partial charge in [0, 0.05) is 5.56 Å². The van der Waals surface area contributed by atoms with E-state index in [-0.39, 0.29) is 0 Å². The van der Waals surface area contributed by atoms with Gasteiger partial charge < -0.3 is 15.2 Å². The highest BCUT2D eigenvalue weighted by molar-refractivity contribution is 5.47. The van der Waals surface area contributed by atoms with E-state index in [1.54, 1.807) is 14.2 Å². The van der Waals surface area contributed by atoms with Crippen LogP contribution in [0.1, 0.15) is 18.1 Å². The van der Waals surface area contributed by atoms with Crippen molar-refractivity contribution in [2.45, 2.75) is 12.5 Å². The first-order valence-electron chi connectivity index (χ1n) is 6.16. The van der Waals surface area contributed by atoms with Gasteiger partial charge in [-0.15, -0.1) is 0 Å². The maximum atomic E-state index is 6.52. The smallest absolute Gasteiger partial charge is 0.124 e. The monoisotopic (exact) mass is 257 g/mol. The Bertz CT molecular complexity index is 564. The van der Waals surface area contributed by atoms with Gasteiger partial charge in [-0.2, -0.15) is 0 Å². The normalized spacial score (nSPS) is 13.7. The minimum Gasteiger partial charge on any atom is -0.497 e. The van der Waals surface area contributed by atoms with Crippen LogP contribution in [-0.2, 0) is 5.54 Å². The van der Waals surface area contributed by atoms with E-state index in [1.807, 2.05) is 55.5 Å². The van der Waals surface area contributed by atoms with Crippen molar-refractivity contribution >= 4 is 0 Å². The second kappa shape index (κ2) is 5.33. The van der Waals surface area contributed by atoms with Crippen LogP contribution in [0.2, 0.25) is 0 Å². The van der Waals surface area contributed by atoms with Gasteiger partial charge in [-0.05, 0) is 30.7 Å². The molecule has 1 unspecified atom stereocenters. The van der Waals surface area contributed by atoms with Crippen molar-refractivity contribution in [3.63, 3.8) is 0 Å². The minimum absolute atomic E-state index is 0.638. The fraction of sp³-hybridized carbons (Fsp3) is 0.250. The van der Waals surface area contributed by atoms with E-state index >= 15 is 0 Å². The summed E-state index contributed by atoms with van der Waals surface area (Å²) in [5.74, 6) is 1.58. The summed E-state index contributed by atoms with van der Waals surface area (Å²) >= 11 is 0. The summed E-state index contributed by atoms with van der Waals surface area (Å²) in [4.78, 5) is 0. The molecule has 1 atom stereocenters. The quantitative estimate of drug-likeness (QED) is 0.916. The van der Waals surface area contributed by atoms with Crippen molar-refractivity contribution in [2.24, 2.45) is 5.73 Å². The van der Waals surface area contributed by atoms with Gasteiger partial charge in [0.2, 0.25) is 0 Å². The van der Waals surface area contributed by atoms with Crippen molar-refractivity contribution < 1.29 is 9.47 Å². The van der Waals surface area contributed by atoms with Gasteiger partial charge in [0.05, 0.1) is 19.8 Å². The molecular weight excluding hydrogens is 238 g/mol. The van der Waals surface area contributed by atoms with Crippen LogP contribution in [-0.4, -0.2) is 14.2 Å². The van der Waals surface area contributed by atoms with Crippen molar-refractivity contribution in [2.75, 3.05) is 14.2 Å². The lowest BCUT2D eigenvalue weighted by Crippen LogP contribution is -2.34. The molecule has 100 valence electrons. The highest BCUT2D eigenvalue weighted by atomic mass is 16.5. The largest absolute Gasteiger partial charge is 0.497 e. The molecule has 2 aromatic carbocycles. The highest BCUT2D eigenvalue weighted by Crippen LogP contribution is 2.34. The average molecular weight is 257 g/mol. The Hall–Kier alpha value is -2.00. The molecule has 0 amide bonds. The van der Waals surface area contributed by atoms with Gasteiger partial charge >= 0.3 is 0 Å². The highest BCUT2D eigenvalue weighted by Gasteiger charge is 2.27. The molecule has 0 saturated heterocycles. The Morgan fingerprint density at radius 2 is 1.68 bits per heavy atom. The van der Waals surface area contributed by atoms with E-state index in [0.29, 0.717) is 0 Å². The third-order valence-corrected chi connectivity index (χ3v) is 3.34. The first-order valence-corrected chi connectivity index (χ1v) is 6.16. The van der Waals surface area contributed by atoms with Crippen molar-refractivity contribution in [3.8, 4) is 11.5 Å². The first-order chi connectivity index (χ1) is 9.09. The summed E-state index contributed by atoms with van der Waals surface area (Å²) in [5.41, 5.74) is 7.82. The maximum absolute atomic E-state index is 6.52. The van der Waals surface area contributed by atoms with Gasteiger partial charge in [-0.1, -0.05) is 30.3 Å². The molecule has 3 nitrogen and oxygen atoms in total. The molecule has 0 heterocycles. The molecule has 19 heavy (non-hydrogen) atoms. The SMILES string of the molecule is COc1cccc(C(C)(N)c2ccccc2OC)c1. The van der Waals surface area contributed by atoms with Gasteiger partial charge in [-0.25, -0.2) is 0 Å². The zero-order valence-electron chi connectivity index (χ0n) is 11.5. The Morgan fingerprint density at radius 1 is 0.947 bits per heavy atom. The number of hydrogen-bond acceptors (Lipinski definition) is 3. The number of benzene rings is 2. The molecule has 0 aliphatic rings. The molecule has 2 aromatic rings. The summed E-state index contributed by atoms with van der Waals surface area (Å²) in [6, 6.07) is 15.6. The molecule has 0 radical (unpaired) electrons. The standard InChI is InChI=1S/C16H19NO2/c1-16(17,12-7-6-8-13(11-12)18-2)14-9-4-5-10-15(14)19-3/h4-11H,17H2,1-3H3. The molecule has 0 aliphatic carbocycles. The molecule has 0 aromatic heterocycles. The Labute approximate surface area is 114 Å². The second-order valence-electron chi connectivity index (χ2n) is 4.63. The van der Waals surface area contributed by atoms with Crippen LogP contribution in [0.4, 0.5) is 0 Å².